The molecule has 0 aromatic heterocycles. The van der Waals surface area contributed by atoms with E-state index in [9.17, 15) is 0 Å². The second-order valence-electron chi connectivity index (χ2n) is 4.83. The lowest BCUT2D eigenvalue weighted by atomic mass is 10.0. The average Bonchev–Trinajstić information content (AvgIpc) is 2.78. The molecule has 2 heteroatoms. The molecule has 0 bridgehead atoms. The maximum Gasteiger partial charge on any atom is 0.0219 e. The van der Waals surface area contributed by atoms with Crippen molar-refractivity contribution < 1.29 is 0 Å². The molecular weight excluding hydrogens is 160 g/mol. The third-order valence-corrected chi connectivity index (χ3v) is 3.64. The van der Waals surface area contributed by atoms with Crippen molar-refractivity contribution in [2.45, 2.75) is 51.1 Å². The highest BCUT2D eigenvalue weighted by Gasteiger charge is 2.29. The highest BCUT2D eigenvalue weighted by Crippen LogP contribution is 2.34. The van der Waals surface area contributed by atoms with Gasteiger partial charge in [-0.2, -0.15) is 0 Å². The molecule has 0 amide bonds. The summed E-state index contributed by atoms with van der Waals surface area (Å²) in [5.41, 5.74) is 6.20. The third-order valence-electron chi connectivity index (χ3n) is 3.64. The lowest BCUT2D eigenvalue weighted by molar-refractivity contribution is 0.217. The van der Waals surface area contributed by atoms with Crippen molar-refractivity contribution in [3.05, 3.63) is 0 Å². The predicted molar refractivity (Wildman–Crippen MR) is 55.6 cm³/mol. The first-order valence-electron chi connectivity index (χ1n) is 5.77. The Morgan fingerprint density at radius 2 is 1.92 bits per heavy atom. The zero-order valence-electron chi connectivity index (χ0n) is 8.71. The van der Waals surface area contributed by atoms with E-state index in [2.05, 4.69) is 11.8 Å². The smallest absolute Gasteiger partial charge is 0.0219 e. The molecule has 2 unspecified atom stereocenters. The average molecular weight is 182 g/mol. The van der Waals surface area contributed by atoms with E-state index in [4.69, 9.17) is 5.73 Å². The number of hydrogen-bond donors (Lipinski definition) is 1. The number of nitrogens with two attached hydrogens (primary N) is 1. The molecule has 0 spiro atoms. The summed E-state index contributed by atoms with van der Waals surface area (Å²) in [7, 11) is 0. The Morgan fingerprint density at radius 3 is 2.46 bits per heavy atom. The van der Waals surface area contributed by atoms with E-state index in [1.54, 1.807) is 0 Å². The molecule has 0 aromatic carbocycles. The van der Waals surface area contributed by atoms with Crippen molar-refractivity contribution in [2.24, 2.45) is 11.7 Å². The van der Waals surface area contributed by atoms with Crippen molar-refractivity contribution in [1.29, 1.82) is 0 Å². The van der Waals surface area contributed by atoms with E-state index < -0.39 is 0 Å². The first kappa shape index (κ1) is 9.47. The van der Waals surface area contributed by atoms with E-state index in [1.165, 1.54) is 45.2 Å². The van der Waals surface area contributed by atoms with Crippen molar-refractivity contribution in [2.75, 3.05) is 13.1 Å². The molecule has 0 aromatic rings. The Hall–Kier alpha value is -0.0800. The van der Waals surface area contributed by atoms with Crippen LogP contribution >= 0.6 is 0 Å². The normalized spacial score (nSPS) is 29.1. The minimum Gasteiger partial charge on any atom is -0.326 e. The molecule has 2 nitrogen and oxygen atoms in total. The van der Waals surface area contributed by atoms with Gasteiger partial charge in [-0.15, -0.1) is 0 Å². The highest BCUT2D eigenvalue weighted by atomic mass is 15.2. The largest absolute Gasteiger partial charge is 0.326 e. The summed E-state index contributed by atoms with van der Waals surface area (Å²) in [6, 6.07) is 1.04. The summed E-state index contributed by atoms with van der Waals surface area (Å²) in [6.07, 6.45) is 6.87. The van der Waals surface area contributed by atoms with Crippen LogP contribution in [-0.4, -0.2) is 30.1 Å². The van der Waals surface area contributed by atoms with Gasteiger partial charge in [-0.3, -0.25) is 4.90 Å². The van der Waals surface area contributed by atoms with Crippen LogP contribution in [0.5, 0.6) is 0 Å². The third kappa shape index (κ3) is 2.44. The van der Waals surface area contributed by atoms with Gasteiger partial charge in [-0.05, 0) is 45.2 Å². The first-order valence-corrected chi connectivity index (χ1v) is 5.77. The van der Waals surface area contributed by atoms with Gasteiger partial charge in [0, 0.05) is 12.1 Å². The fraction of sp³-hybridized carbons (Fsp3) is 1.00. The Balaban J connectivity index is 1.76. The van der Waals surface area contributed by atoms with Gasteiger partial charge in [0.05, 0.1) is 0 Å². The summed E-state index contributed by atoms with van der Waals surface area (Å²) >= 11 is 0. The lowest BCUT2D eigenvalue weighted by Gasteiger charge is -2.29. The summed E-state index contributed by atoms with van der Waals surface area (Å²) < 4.78 is 0. The Kier molecular flexibility index (Phi) is 2.89. The van der Waals surface area contributed by atoms with Gasteiger partial charge in [0.15, 0.2) is 0 Å². The fourth-order valence-corrected chi connectivity index (χ4v) is 2.36. The molecule has 2 fully saturated rings. The molecule has 1 aliphatic carbocycles. The second-order valence-corrected chi connectivity index (χ2v) is 4.83. The van der Waals surface area contributed by atoms with Crippen LogP contribution in [0.1, 0.15) is 39.0 Å². The summed E-state index contributed by atoms with van der Waals surface area (Å²) in [5, 5.41) is 0. The molecule has 1 saturated carbocycles. The van der Waals surface area contributed by atoms with E-state index in [0.29, 0.717) is 12.1 Å². The van der Waals surface area contributed by atoms with Crippen molar-refractivity contribution in [3.8, 4) is 0 Å². The SMILES string of the molecule is CC(C(N)CC1CC1)N1CCCC1. The maximum atomic E-state index is 6.20. The topological polar surface area (TPSA) is 29.3 Å². The summed E-state index contributed by atoms with van der Waals surface area (Å²) in [5.74, 6) is 0.972. The van der Waals surface area contributed by atoms with Gasteiger partial charge in [-0.25, -0.2) is 0 Å². The van der Waals surface area contributed by atoms with Gasteiger partial charge < -0.3 is 5.73 Å². The Morgan fingerprint density at radius 1 is 1.31 bits per heavy atom. The van der Waals surface area contributed by atoms with E-state index >= 15 is 0 Å². The van der Waals surface area contributed by atoms with Gasteiger partial charge >= 0.3 is 0 Å². The minimum absolute atomic E-state index is 0.422. The van der Waals surface area contributed by atoms with E-state index in [-0.39, 0.29) is 0 Å². The number of nitrogens with zero attached hydrogens (tertiary/aromatic N) is 1. The Labute approximate surface area is 81.5 Å². The molecule has 13 heavy (non-hydrogen) atoms. The molecule has 2 N–H and O–H groups in total. The van der Waals surface area contributed by atoms with Crippen molar-refractivity contribution >= 4 is 0 Å². The van der Waals surface area contributed by atoms with Crippen LogP contribution in [0, 0.1) is 5.92 Å². The predicted octanol–water partition coefficient (Wildman–Crippen LogP) is 1.60. The molecule has 2 rings (SSSR count). The molecule has 1 heterocycles. The standard InChI is InChI=1S/C11H22N2/c1-9(13-6-2-3-7-13)11(12)8-10-4-5-10/h9-11H,2-8,12H2,1H3. The van der Waals surface area contributed by atoms with Gasteiger partial charge in [-0.1, -0.05) is 12.8 Å². The van der Waals surface area contributed by atoms with Gasteiger partial charge in [0.1, 0.15) is 0 Å². The monoisotopic (exact) mass is 182 g/mol. The van der Waals surface area contributed by atoms with Crippen LogP contribution < -0.4 is 5.73 Å². The molecule has 0 radical (unpaired) electrons. The van der Waals surface area contributed by atoms with Crippen LogP contribution in [0.15, 0.2) is 0 Å². The quantitative estimate of drug-likeness (QED) is 0.715. The maximum absolute atomic E-state index is 6.20. The number of rotatable bonds is 4. The molecular formula is C11H22N2. The second kappa shape index (κ2) is 3.97. The summed E-state index contributed by atoms with van der Waals surface area (Å²) in [4.78, 5) is 2.56. The molecule has 2 atom stereocenters. The summed E-state index contributed by atoms with van der Waals surface area (Å²) in [6.45, 7) is 4.86. The lowest BCUT2D eigenvalue weighted by Crippen LogP contribution is -2.44. The van der Waals surface area contributed by atoms with E-state index in [0.717, 1.165) is 5.92 Å². The van der Waals surface area contributed by atoms with Crippen LogP contribution in [0.2, 0.25) is 0 Å². The number of likely N-dealkylation sites (tertiary alicyclic amines) is 1. The van der Waals surface area contributed by atoms with Crippen LogP contribution in [0.25, 0.3) is 0 Å². The minimum atomic E-state index is 0.422. The van der Waals surface area contributed by atoms with Crippen molar-refractivity contribution in [3.63, 3.8) is 0 Å². The first-order chi connectivity index (χ1) is 6.27. The molecule has 1 aliphatic heterocycles. The zero-order chi connectivity index (χ0) is 9.26. The molecule has 2 aliphatic rings. The van der Waals surface area contributed by atoms with Crippen LogP contribution in [-0.2, 0) is 0 Å². The van der Waals surface area contributed by atoms with Gasteiger partial charge in [0.2, 0.25) is 0 Å². The number of hydrogen-bond acceptors (Lipinski definition) is 2. The van der Waals surface area contributed by atoms with Gasteiger partial charge in [0.25, 0.3) is 0 Å². The zero-order valence-corrected chi connectivity index (χ0v) is 8.71. The van der Waals surface area contributed by atoms with Crippen LogP contribution in [0.3, 0.4) is 0 Å². The van der Waals surface area contributed by atoms with Crippen LogP contribution in [0.4, 0.5) is 0 Å². The van der Waals surface area contributed by atoms with E-state index in [1.807, 2.05) is 0 Å². The molecule has 1 saturated heterocycles. The highest BCUT2D eigenvalue weighted by molar-refractivity contribution is 4.86. The molecule has 76 valence electrons. The van der Waals surface area contributed by atoms with Crippen molar-refractivity contribution in [1.82, 2.24) is 4.90 Å². The Bertz CT molecular complexity index is 159. The fourth-order valence-electron chi connectivity index (χ4n) is 2.36.